The first-order valence-electron chi connectivity index (χ1n) is 7.97. The van der Waals surface area contributed by atoms with Crippen LogP contribution in [-0.4, -0.2) is 20.9 Å². The third kappa shape index (κ3) is 3.01. The van der Waals surface area contributed by atoms with Crippen LogP contribution < -0.4 is 5.56 Å². The summed E-state index contributed by atoms with van der Waals surface area (Å²) < 4.78 is 5.13. The molecule has 3 aromatic heterocycles. The molecular weight excluding hydrogens is 378 g/mol. The molecule has 0 radical (unpaired) electrons. The van der Waals surface area contributed by atoms with Crippen LogP contribution in [0.4, 0.5) is 5.00 Å². The summed E-state index contributed by atoms with van der Waals surface area (Å²) in [4.78, 5) is 43.7. The molecule has 10 heteroatoms. The fourth-order valence-electron chi connectivity index (χ4n) is 3.02. The Morgan fingerprint density at radius 3 is 2.88 bits per heavy atom. The number of thiophene rings is 2. The van der Waals surface area contributed by atoms with Crippen LogP contribution in [-0.2, 0) is 24.2 Å². The molecule has 0 fully saturated rings. The van der Waals surface area contributed by atoms with Gasteiger partial charge in [0.15, 0.2) is 0 Å². The summed E-state index contributed by atoms with van der Waals surface area (Å²) in [5.41, 5.74) is 0.881. The first kappa shape index (κ1) is 16.9. The number of nitrogens with zero attached hydrogens (tertiary/aromatic N) is 2. The number of carbonyl (C=O) groups excluding carboxylic acids is 1. The number of nitrogens with one attached hydrogen (secondary N) is 1. The highest BCUT2D eigenvalue weighted by Crippen LogP contribution is 2.33. The lowest BCUT2D eigenvalue weighted by Gasteiger charge is -2.09. The van der Waals surface area contributed by atoms with Crippen LogP contribution in [0.1, 0.15) is 38.8 Å². The minimum Gasteiger partial charge on any atom is -0.453 e. The Bertz CT molecular complexity index is 1080. The lowest BCUT2D eigenvalue weighted by molar-refractivity contribution is -0.380. The second-order valence-electron chi connectivity index (χ2n) is 5.87. The number of carbonyl (C=O) groups is 1. The number of hydrogen-bond donors (Lipinski definition) is 1. The third-order valence-electron chi connectivity index (χ3n) is 4.19. The van der Waals surface area contributed by atoms with Crippen molar-refractivity contribution in [3.05, 3.63) is 53.7 Å². The normalized spacial score (nSPS) is 13.5. The molecule has 0 amide bonds. The molecule has 8 nitrogen and oxygen atoms in total. The van der Waals surface area contributed by atoms with Crippen LogP contribution >= 0.6 is 22.7 Å². The summed E-state index contributed by atoms with van der Waals surface area (Å²) in [6.07, 6.45) is 4.06. The van der Waals surface area contributed by atoms with Crippen molar-refractivity contribution in [1.82, 2.24) is 9.97 Å². The van der Waals surface area contributed by atoms with Gasteiger partial charge in [-0.05, 0) is 37.3 Å². The summed E-state index contributed by atoms with van der Waals surface area (Å²) in [5.74, 6) is -0.420. The molecule has 0 unspecified atom stereocenters. The van der Waals surface area contributed by atoms with Gasteiger partial charge in [0.05, 0.1) is 10.3 Å². The molecule has 0 atom stereocenters. The number of ether oxygens (including phenoxy) is 1. The Labute approximate surface area is 154 Å². The van der Waals surface area contributed by atoms with Gasteiger partial charge in [-0.15, -0.1) is 11.3 Å². The molecule has 26 heavy (non-hydrogen) atoms. The maximum absolute atomic E-state index is 12.4. The van der Waals surface area contributed by atoms with Crippen LogP contribution in [0.3, 0.4) is 0 Å². The summed E-state index contributed by atoms with van der Waals surface area (Å²) in [6, 6.07) is 2.60. The zero-order valence-electron chi connectivity index (χ0n) is 13.4. The average molecular weight is 391 g/mol. The van der Waals surface area contributed by atoms with Crippen LogP contribution in [0.2, 0.25) is 0 Å². The summed E-state index contributed by atoms with van der Waals surface area (Å²) >= 11 is 2.26. The maximum atomic E-state index is 12.4. The van der Waals surface area contributed by atoms with E-state index >= 15 is 0 Å². The predicted molar refractivity (Wildman–Crippen MR) is 97.0 cm³/mol. The number of H-pyrrole nitrogens is 1. The van der Waals surface area contributed by atoms with Crippen LogP contribution in [0, 0.1) is 10.1 Å². The molecule has 0 bridgehead atoms. The number of nitro groups is 1. The van der Waals surface area contributed by atoms with Crippen LogP contribution in [0.15, 0.2) is 16.9 Å². The molecule has 0 aromatic carbocycles. The Hall–Kier alpha value is -2.59. The Balaban J connectivity index is 1.54. The highest BCUT2D eigenvalue weighted by atomic mass is 32.1. The van der Waals surface area contributed by atoms with Crippen molar-refractivity contribution in [2.45, 2.75) is 32.3 Å². The van der Waals surface area contributed by atoms with Crippen molar-refractivity contribution < 1.29 is 14.5 Å². The van der Waals surface area contributed by atoms with Crippen molar-refractivity contribution in [3.63, 3.8) is 0 Å². The van der Waals surface area contributed by atoms with Gasteiger partial charge >= 0.3 is 11.0 Å². The number of fused-ring (bicyclic) bond motifs is 3. The highest BCUT2D eigenvalue weighted by molar-refractivity contribution is 7.18. The quantitative estimate of drug-likeness (QED) is 0.415. The van der Waals surface area contributed by atoms with E-state index in [-0.39, 0.29) is 27.9 Å². The molecule has 134 valence electrons. The zero-order chi connectivity index (χ0) is 18.3. The van der Waals surface area contributed by atoms with Gasteiger partial charge < -0.3 is 9.72 Å². The minimum atomic E-state index is -0.684. The van der Waals surface area contributed by atoms with Gasteiger partial charge in [0.1, 0.15) is 22.1 Å². The molecule has 1 aliphatic rings. The van der Waals surface area contributed by atoms with E-state index in [1.807, 2.05) is 0 Å². The van der Waals surface area contributed by atoms with E-state index in [2.05, 4.69) is 9.97 Å². The molecule has 3 heterocycles. The van der Waals surface area contributed by atoms with Gasteiger partial charge in [0, 0.05) is 10.9 Å². The highest BCUT2D eigenvalue weighted by Gasteiger charge is 2.21. The van der Waals surface area contributed by atoms with Crippen LogP contribution in [0.25, 0.3) is 10.2 Å². The lowest BCUT2D eigenvalue weighted by atomic mass is 9.97. The fourth-order valence-corrected chi connectivity index (χ4v) is 5.01. The second-order valence-corrected chi connectivity index (χ2v) is 8.02. The molecular formula is C16H13N3O5S2. The zero-order valence-corrected chi connectivity index (χ0v) is 15.1. The Morgan fingerprint density at radius 1 is 1.31 bits per heavy atom. The van der Waals surface area contributed by atoms with Gasteiger partial charge in [-0.1, -0.05) is 11.3 Å². The summed E-state index contributed by atoms with van der Waals surface area (Å²) in [6.45, 7) is -0.196. The Morgan fingerprint density at radius 2 is 2.12 bits per heavy atom. The number of esters is 1. The van der Waals surface area contributed by atoms with Crippen molar-refractivity contribution >= 4 is 43.9 Å². The van der Waals surface area contributed by atoms with Gasteiger partial charge in [0.25, 0.3) is 5.56 Å². The third-order valence-corrected chi connectivity index (χ3v) is 6.39. The van der Waals surface area contributed by atoms with E-state index in [9.17, 15) is 19.7 Å². The molecule has 3 aromatic rings. The van der Waals surface area contributed by atoms with Gasteiger partial charge in [-0.3, -0.25) is 14.9 Å². The van der Waals surface area contributed by atoms with Crippen LogP contribution in [0.5, 0.6) is 0 Å². The molecule has 4 rings (SSSR count). The molecule has 1 aliphatic carbocycles. The monoisotopic (exact) mass is 391 g/mol. The number of rotatable bonds is 4. The number of aromatic nitrogens is 2. The summed E-state index contributed by atoms with van der Waals surface area (Å²) in [5, 5.41) is 11.2. The van der Waals surface area contributed by atoms with Gasteiger partial charge in [-0.2, -0.15) is 0 Å². The Kier molecular flexibility index (Phi) is 4.29. The van der Waals surface area contributed by atoms with E-state index < -0.39 is 10.9 Å². The average Bonchev–Trinajstić information content (AvgIpc) is 3.24. The summed E-state index contributed by atoms with van der Waals surface area (Å²) in [7, 11) is 0. The van der Waals surface area contributed by atoms with Crippen molar-refractivity contribution in [2.75, 3.05) is 0 Å². The maximum Gasteiger partial charge on any atom is 0.348 e. The van der Waals surface area contributed by atoms with Crippen molar-refractivity contribution in [3.8, 4) is 0 Å². The first-order valence-corrected chi connectivity index (χ1v) is 9.61. The minimum absolute atomic E-state index is 0.130. The molecule has 0 saturated carbocycles. The fraction of sp³-hybridized carbons (Fsp3) is 0.312. The smallest absolute Gasteiger partial charge is 0.348 e. The van der Waals surface area contributed by atoms with Gasteiger partial charge in [0.2, 0.25) is 0 Å². The first-order chi connectivity index (χ1) is 12.5. The SMILES string of the molecule is O=C(OCc1nc2sc3c(c2c(=O)[nH]1)CCCC3)c1ccc([N+](=O)[O-])s1. The molecule has 0 spiro atoms. The van der Waals surface area contributed by atoms with Crippen molar-refractivity contribution in [1.29, 1.82) is 0 Å². The predicted octanol–water partition coefficient (Wildman–Crippen LogP) is 3.19. The molecule has 1 N–H and O–H groups in total. The van der Waals surface area contributed by atoms with E-state index in [1.165, 1.54) is 28.3 Å². The second kappa shape index (κ2) is 6.61. The van der Waals surface area contributed by atoms with Gasteiger partial charge in [-0.25, -0.2) is 9.78 Å². The molecule has 0 aliphatic heterocycles. The number of aryl methyl sites for hydroxylation is 2. The van der Waals surface area contributed by atoms with E-state index in [1.54, 1.807) is 0 Å². The molecule has 0 saturated heterocycles. The van der Waals surface area contributed by atoms with E-state index in [4.69, 9.17) is 4.74 Å². The largest absolute Gasteiger partial charge is 0.453 e. The number of aromatic amines is 1. The standard InChI is InChI=1S/C16H13N3O5S2/c20-14-13-8-3-1-2-4-9(8)26-15(13)18-11(17-14)7-24-16(21)10-5-6-12(25-10)19(22)23/h5-6H,1-4,7H2,(H,17,18,20). The van der Waals surface area contributed by atoms with E-state index in [0.29, 0.717) is 10.2 Å². The lowest BCUT2D eigenvalue weighted by Crippen LogP contribution is -2.14. The van der Waals surface area contributed by atoms with Crippen molar-refractivity contribution in [2.24, 2.45) is 0 Å². The van der Waals surface area contributed by atoms with E-state index in [0.717, 1.165) is 42.6 Å². The topological polar surface area (TPSA) is 115 Å². The number of hydrogen-bond acceptors (Lipinski definition) is 8.